The van der Waals surface area contributed by atoms with Gasteiger partial charge in [0.05, 0.1) is 6.04 Å². The summed E-state index contributed by atoms with van der Waals surface area (Å²) in [7, 11) is 1.58. The lowest BCUT2D eigenvalue weighted by Crippen LogP contribution is -2.38. The number of hydrogen-bond donors (Lipinski definition) is 1. The minimum Gasteiger partial charge on any atom is -0.344 e. The van der Waals surface area contributed by atoms with Crippen molar-refractivity contribution in [3.05, 3.63) is 35.4 Å². The van der Waals surface area contributed by atoms with E-state index in [0.29, 0.717) is 18.6 Å². The fourth-order valence-electron chi connectivity index (χ4n) is 2.78. The maximum absolute atomic E-state index is 12.2. The molecule has 0 saturated heterocycles. The number of aryl methyl sites for hydroxylation is 1. The number of hydrogen-bond acceptors (Lipinski definition) is 3. The Kier molecular flexibility index (Phi) is 3.26. The molecule has 0 bridgehead atoms. The molecule has 0 aromatic heterocycles. The molecule has 1 atom stereocenters. The van der Waals surface area contributed by atoms with Crippen LogP contribution in [0.2, 0.25) is 0 Å². The predicted molar refractivity (Wildman–Crippen MR) is 75.1 cm³/mol. The van der Waals surface area contributed by atoms with E-state index >= 15 is 0 Å². The molecule has 2 aliphatic rings. The molecular weight excluding hydrogens is 254 g/mol. The Bertz CT molecular complexity index is 595. The first-order valence-corrected chi connectivity index (χ1v) is 6.88. The fourth-order valence-corrected chi connectivity index (χ4v) is 2.78. The standard InChI is InChI=1S/C15H17N3O2/c1-18-14(19)9-8-13(17-18)15(20)16-12-7-6-10-4-2-3-5-11(10)12/h2-5,12H,6-9H2,1H3,(H,16,20)/t12-/m1/s1. The normalized spacial score (nSPS) is 21.4. The van der Waals surface area contributed by atoms with Gasteiger partial charge < -0.3 is 5.32 Å². The van der Waals surface area contributed by atoms with Gasteiger partial charge in [0.25, 0.3) is 5.91 Å². The predicted octanol–water partition coefficient (Wildman–Crippen LogP) is 1.40. The molecule has 0 radical (unpaired) electrons. The first-order valence-electron chi connectivity index (χ1n) is 6.88. The van der Waals surface area contributed by atoms with E-state index in [4.69, 9.17) is 0 Å². The maximum atomic E-state index is 12.2. The summed E-state index contributed by atoms with van der Waals surface area (Å²) in [5.41, 5.74) is 2.94. The summed E-state index contributed by atoms with van der Waals surface area (Å²) in [6.45, 7) is 0. The van der Waals surface area contributed by atoms with E-state index in [0.717, 1.165) is 12.8 Å². The van der Waals surface area contributed by atoms with E-state index in [1.807, 2.05) is 12.1 Å². The molecule has 5 heteroatoms. The van der Waals surface area contributed by atoms with Crippen molar-refractivity contribution in [1.82, 2.24) is 10.3 Å². The van der Waals surface area contributed by atoms with Crippen molar-refractivity contribution in [3.8, 4) is 0 Å². The van der Waals surface area contributed by atoms with Crippen LogP contribution in [0.25, 0.3) is 0 Å². The number of hydrazone groups is 1. The van der Waals surface area contributed by atoms with Crippen molar-refractivity contribution >= 4 is 17.5 Å². The molecule has 3 rings (SSSR count). The second-order valence-corrected chi connectivity index (χ2v) is 5.23. The lowest BCUT2D eigenvalue weighted by Gasteiger charge is -2.20. The molecule has 1 N–H and O–H groups in total. The molecule has 1 heterocycles. The number of carbonyl (C=O) groups is 2. The van der Waals surface area contributed by atoms with Crippen LogP contribution in [0.3, 0.4) is 0 Å². The van der Waals surface area contributed by atoms with Crippen LogP contribution in [-0.2, 0) is 16.0 Å². The van der Waals surface area contributed by atoms with Crippen LogP contribution in [0.1, 0.15) is 36.4 Å². The fraction of sp³-hybridized carbons (Fsp3) is 0.400. The largest absolute Gasteiger partial charge is 0.344 e. The third-order valence-corrected chi connectivity index (χ3v) is 3.91. The van der Waals surface area contributed by atoms with E-state index in [9.17, 15) is 9.59 Å². The van der Waals surface area contributed by atoms with E-state index in [-0.39, 0.29) is 17.9 Å². The molecule has 20 heavy (non-hydrogen) atoms. The summed E-state index contributed by atoms with van der Waals surface area (Å²) in [5.74, 6) is -0.209. The Morgan fingerprint density at radius 2 is 2.10 bits per heavy atom. The van der Waals surface area contributed by atoms with Crippen molar-refractivity contribution < 1.29 is 9.59 Å². The van der Waals surface area contributed by atoms with Crippen LogP contribution in [0.4, 0.5) is 0 Å². The Balaban J connectivity index is 1.72. The van der Waals surface area contributed by atoms with Gasteiger partial charge in [-0.1, -0.05) is 24.3 Å². The summed E-state index contributed by atoms with van der Waals surface area (Å²) in [6.07, 6.45) is 2.69. The molecule has 5 nitrogen and oxygen atoms in total. The summed E-state index contributed by atoms with van der Waals surface area (Å²) in [4.78, 5) is 23.6. The molecule has 2 amide bonds. The second kappa shape index (κ2) is 5.07. The van der Waals surface area contributed by atoms with Gasteiger partial charge in [-0.25, -0.2) is 5.01 Å². The first-order chi connectivity index (χ1) is 9.65. The number of nitrogens with zero attached hydrogens (tertiary/aromatic N) is 2. The van der Waals surface area contributed by atoms with Crippen molar-refractivity contribution in [1.29, 1.82) is 0 Å². The molecule has 1 aliphatic carbocycles. The third kappa shape index (κ3) is 2.31. The van der Waals surface area contributed by atoms with Gasteiger partial charge in [0.1, 0.15) is 5.71 Å². The summed E-state index contributed by atoms with van der Waals surface area (Å²) >= 11 is 0. The number of rotatable bonds is 2. The second-order valence-electron chi connectivity index (χ2n) is 5.23. The number of fused-ring (bicyclic) bond motifs is 1. The SMILES string of the molecule is CN1N=C(C(=O)N[C@@H]2CCc3ccccc32)CCC1=O. The Morgan fingerprint density at radius 1 is 1.30 bits per heavy atom. The van der Waals surface area contributed by atoms with E-state index in [2.05, 4.69) is 22.6 Å². The Labute approximate surface area is 117 Å². The quantitative estimate of drug-likeness (QED) is 0.883. The third-order valence-electron chi connectivity index (χ3n) is 3.91. The Hall–Kier alpha value is -2.17. The van der Waals surface area contributed by atoms with Crippen LogP contribution in [0.15, 0.2) is 29.4 Å². The highest BCUT2D eigenvalue weighted by atomic mass is 16.2. The highest BCUT2D eigenvalue weighted by Crippen LogP contribution is 2.30. The number of carbonyl (C=O) groups excluding carboxylic acids is 2. The van der Waals surface area contributed by atoms with Gasteiger partial charge in [-0.05, 0) is 24.0 Å². The average Bonchev–Trinajstić information content (AvgIpc) is 2.85. The molecule has 0 saturated carbocycles. The van der Waals surface area contributed by atoms with Crippen molar-refractivity contribution in [2.45, 2.75) is 31.7 Å². The van der Waals surface area contributed by atoms with Crippen LogP contribution in [-0.4, -0.2) is 29.6 Å². The molecule has 0 spiro atoms. The van der Waals surface area contributed by atoms with Gasteiger partial charge in [-0.3, -0.25) is 9.59 Å². The van der Waals surface area contributed by atoms with Crippen LogP contribution in [0, 0.1) is 0 Å². The smallest absolute Gasteiger partial charge is 0.267 e. The van der Waals surface area contributed by atoms with E-state index in [1.165, 1.54) is 16.1 Å². The molecule has 104 valence electrons. The van der Waals surface area contributed by atoms with Crippen LogP contribution in [0.5, 0.6) is 0 Å². The summed E-state index contributed by atoms with van der Waals surface area (Å²) in [5, 5.41) is 8.33. The van der Waals surface area contributed by atoms with Gasteiger partial charge in [0.2, 0.25) is 5.91 Å². The van der Waals surface area contributed by atoms with Gasteiger partial charge in [0.15, 0.2) is 0 Å². The van der Waals surface area contributed by atoms with Gasteiger partial charge in [-0.15, -0.1) is 0 Å². The minimum atomic E-state index is -0.161. The number of amides is 2. The number of nitrogens with one attached hydrogen (secondary N) is 1. The van der Waals surface area contributed by atoms with Gasteiger partial charge in [0, 0.05) is 19.9 Å². The molecule has 0 unspecified atom stereocenters. The zero-order chi connectivity index (χ0) is 14.1. The zero-order valence-electron chi connectivity index (χ0n) is 11.4. The van der Waals surface area contributed by atoms with Gasteiger partial charge >= 0.3 is 0 Å². The molecule has 1 aromatic carbocycles. The summed E-state index contributed by atoms with van der Waals surface area (Å²) < 4.78 is 0. The molecule has 1 aromatic rings. The highest BCUT2D eigenvalue weighted by Gasteiger charge is 2.27. The van der Waals surface area contributed by atoms with Crippen molar-refractivity contribution in [2.75, 3.05) is 7.05 Å². The maximum Gasteiger partial charge on any atom is 0.267 e. The number of benzene rings is 1. The topological polar surface area (TPSA) is 61.8 Å². The average molecular weight is 271 g/mol. The van der Waals surface area contributed by atoms with Crippen molar-refractivity contribution in [3.63, 3.8) is 0 Å². The highest BCUT2D eigenvalue weighted by molar-refractivity contribution is 6.39. The minimum absolute atomic E-state index is 0.0484. The van der Waals surface area contributed by atoms with Gasteiger partial charge in [-0.2, -0.15) is 5.10 Å². The van der Waals surface area contributed by atoms with E-state index in [1.54, 1.807) is 7.05 Å². The lowest BCUT2D eigenvalue weighted by molar-refractivity contribution is -0.130. The van der Waals surface area contributed by atoms with Crippen LogP contribution >= 0.6 is 0 Å². The zero-order valence-corrected chi connectivity index (χ0v) is 11.4. The molecule has 0 fully saturated rings. The van der Waals surface area contributed by atoms with E-state index < -0.39 is 0 Å². The van der Waals surface area contributed by atoms with Crippen molar-refractivity contribution in [2.24, 2.45) is 5.10 Å². The lowest BCUT2D eigenvalue weighted by atomic mass is 10.1. The first kappa shape index (κ1) is 12.8. The molecule has 1 aliphatic heterocycles. The monoisotopic (exact) mass is 271 g/mol. The summed E-state index contributed by atoms with van der Waals surface area (Å²) in [6, 6.07) is 8.24. The molecular formula is C15H17N3O2. The Morgan fingerprint density at radius 3 is 2.90 bits per heavy atom. The van der Waals surface area contributed by atoms with Crippen LogP contribution < -0.4 is 5.32 Å².